The van der Waals surface area contributed by atoms with Gasteiger partial charge in [-0.2, -0.15) is 0 Å². The molecule has 0 aromatic rings. The predicted molar refractivity (Wildman–Crippen MR) is 46.7 cm³/mol. The molecule has 0 spiro atoms. The molecule has 1 heteroatoms. The first-order valence-corrected chi connectivity index (χ1v) is 4.27. The highest BCUT2D eigenvalue weighted by Crippen LogP contribution is 2.12. The van der Waals surface area contributed by atoms with Gasteiger partial charge in [0, 0.05) is 5.71 Å². The minimum Gasteiger partial charge on any atom is -0.310 e. The van der Waals surface area contributed by atoms with Gasteiger partial charge < -0.3 is 5.41 Å². The third-order valence-electron chi connectivity index (χ3n) is 2.01. The monoisotopic (exact) mass is 141 g/mol. The maximum atomic E-state index is 7.43. The van der Waals surface area contributed by atoms with Crippen LogP contribution in [-0.2, 0) is 0 Å². The summed E-state index contributed by atoms with van der Waals surface area (Å²) in [4.78, 5) is 0. The molecule has 1 N–H and O–H groups in total. The molecule has 0 aliphatic carbocycles. The van der Waals surface area contributed by atoms with Crippen molar-refractivity contribution >= 4 is 5.71 Å². The fourth-order valence-electron chi connectivity index (χ4n) is 1.18. The molecule has 10 heavy (non-hydrogen) atoms. The largest absolute Gasteiger partial charge is 0.310 e. The van der Waals surface area contributed by atoms with E-state index in [9.17, 15) is 0 Å². The van der Waals surface area contributed by atoms with Gasteiger partial charge in [-0.1, -0.05) is 26.7 Å². The third kappa shape index (κ3) is 3.65. The standard InChI is InChI=1S/C9H19N/c1-4-6-7-9(5-2)8(3)10/h9-10H,4-7H2,1-3H3. The van der Waals surface area contributed by atoms with Crippen LogP contribution in [0.25, 0.3) is 0 Å². The molecule has 0 rings (SSSR count). The predicted octanol–water partition coefficient (Wildman–Crippen LogP) is 3.24. The van der Waals surface area contributed by atoms with Gasteiger partial charge in [0.1, 0.15) is 0 Å². The van der Waals surface area contributed by atoms with Crippen molar-refractivity contribution in [2.75, 3.05) is 0 Å². The fourth-order valence-corrected chi connectivity index (χ4v) is 1.18. The molecular weight excluding hydrogens is 122 g/mol. The van der Waals surface area contributed by atoms with Crippen LogP contribution in [-0.4, -0.2) is 5.71 Å². The van der Waals surface area contributed by atoms with E-state index in [0.29, 0.717) is 5.92 Å². The van der Waals surface area contributed by atoms with E-state index in [4.69, 9.17) is 5.41 Å². The Morgan fingerprint density at radius 2 is 2.00 bits per heavy atom. The van der Waals surface area contributed by atoms with Gasteiger partial charge in [0.2, 0.25) is 0 Å². The Kier molecular flexibility index (Phi) is 5.27. The summed E-state index contributed by atoms with van der Waals surface area (Å²) in [6.45, 7) is 6.29. The summed E-state index contributed by atoms with van der Waals surface area (Å²) in [7, 11) is 0. The highest BCUT2D eigenvalue weighted by atomic mass is 14.4. The molecule has 0 bridgehead atoms. The van der Waals surface area contributed by atoms with E-state index in [1.165, 1.54) is 19.3 Å². The molecular formula is C9H19N. The molecule has 1 atom stereocenters. The average Bonchev–Trinajstić information content (AvgIpc) is 1.89. The quantitative estimate of drug-likeness (QED) is 0.568. The Morgan fingerprint density at radius 1 is 1.40 bits per heavy atom. The number of hydrogen-bond acceptors (Lipinski definition) is 1. The Morgan fingerprint density at radius 3 is 2.30 bits per heavy atom. The van der Waals surface area contributed by atoms with Crippen LogP contribution in [0.4, 0.5) is 0 Å². The minimum absolute atomic E-state index is 0.556. The number of nitrogens with one attached hydrogen (secondary N) is 1. The lowest BCUT2D eigenvalue weighted by Gasteiger charge is -2.11. The SMILES string of the molecule is CCCCC(CC)C(C)=N. The third-order valence-corrected chi connectivity index (χ3v) is 2.01. The van der Waals surface area contributed by atoms with E-state index >= 15 is 0 Å². The molecule has 1 nitrogen and oxygen atoms in total. The maximum Gasteiger partial charge on any atom is 0.00890 e. The topological polar surface area (TPSA) is 23.9 Å². The highest BCUT2D eigenvalue weighted by Gasteiger charge is 2.06. The van der Waals surface area contributed by atoms with Gasteiger partial charge in [0.25, 0.3) is 0 Å². The second-order valence-electron chi connectivity index (χ2n) is 2.93. The summed E-state index contributed by atoms with van der Waals surface area (Å²) in [5.74, 6) is 0.556. The normalized spacial score (nSPS) is 13.1. The van der Waals surface area contributed by atoms with Crippen LogP contribution in [0.15, 0.2) is 0 Å². The number of unbranched alkanes of at least 4 members (excludes halogenated alkanes) is 1. The van der Waals surface area contributed by atoms with Crippen LogP contribution in [0.5, 0.6) is 0 Å². The summed E-state index contributed by atoms with van der Waals surface area (Å²) >= 11 is 0. The van der Waals surface area contributed by atoms with E-state index in [1.54, 1.807) is 0 Å². The van der Waals surface area contributed by atoms with Gasteiger partial charge in [-0.25, -0.2) is 0 Å². The van der Waals surface area contributed by atoms with E-state index in [-0.39, 0.29) is 0 Å². The first-order valence-electron chi connectivity index (χ1n) is 4.27. The molecule has 0 radical (unpaired) electrons. The molecule has 0 saturated heterocycles. The Bertz CT molecular complexity index is 96.9. The Hall–Kier alpha value is -0.330. The first-order chi connectivity index (χ1) is 4.72. The zero-order chi connectivity index (χ0) is 7.98. The van der Waals surface area contributed by atoms with Crippen LogP contribution in [0.1, 0.15) is 46.5 Å². The summed E-state index contributed by atoms with van der Waals surface area (Å²) in [5, 5.41) is 7.43. The molecule has 0 aromatic carbocycles. The van der Waals surface area contributed by atoms with Crippen molar-refractivity contribution in [1.82, 2.24) is 0 Å². The number of rotatable bonds is 5. The van der Waals surface area contributed by atoms with Gasteiger partial charge in [-0.15, -0.1) is 0 Å². The lowest BCUT2D eigenvalue weighted by atomic mass is 9.95. The van der Waals surface area contributed by atoms with E-state index in [0.717, 1.165) is 12.1 Å². The van der Waals surface area contributed by atoms with Crippen molar-refractivity contribution in [3.8, 4) is 0 Å². The second kappa shape index (κ2) is 5.45. The minimum atomic E-state index is 0.556. The van der Waals surface area contributed by atoms with Crippen molar-refractivity contribution in [2.45, 2.75) is 46.5 Å². The molecule has 0 fully saturated rings. The molecule has 0 aliphatic rings. The molecule has 0 amide bonds. The Balaban J connectivity index is 3.50. The molecule has 0 saturated carbocycles. The van der Waals surface area contributed by atoms with Crippen LogP contribution < -0.4 is 0 Å². The molecule has 0 aromatic heterocycles. The van der Waals surface area contributed by atoms with Crippen molar-refractivity contribution < 1.29 is 0 Å². The zero-order valence-electron chi connectivity index (χ0n) is 7.41. The van der Waals surface area contributed by atoms with E-state index in [2.05, 4.69) is 13.8 Å². The van der Waals surface area contributed by atoms with Gasteiger partial charge in [0.05, 0.1) is 0 Å². The van der Waals surface area contributed by atoms with Gasteiger partial charge in [0.15, 0.2) is 0 Å². The molecule has 0 aliphatic heterocycles. The maximum absolute atomic E-state index is 7.43. The molecule has 60 valence electrons. The highest BCUT2D eigenvalue weighted by molar-refractivity contribution is 5.81. The van der Waals surface area contributed by atoms with Gasteiger partial charge in [-0.05, 0) is 25.7 Å². The van der Waals surface area contributed by atoms with Gasteiger partial charge in [-0.3, -0.25) is 0 Å². The molecule has 1 unspecified atom stereocenters. The second-order valence-corrected chi connectivity index (χ2v) is 2.93. The van der Waals surface area contributed by atoms with Crippen molar-refractivity contribution in [3.05, 3.63) is 0 Å². The van der Waals surface area contributed by atoms with Gasteiger partial charge >= 0.3 is 0 Å². The average molecular weight is 141 g/mol. The van der Waals surface area contributed by atoms with Crippen LogP contribution >= 0.6 is 0 Å². The van der Waals surface area contributed by atoms with Crippen molar-refractivity contribution in [2.24, 2.45) is 5.92 Å². The molecule has 0 heterocycles. The summed E-state index contributed by atoms with van der Waals surface area (Å²) in [5.41, 5.74) is 0.857. The zero-order valence-corrected chi connectivity index (χ0v) is 7.41. The number of hydrogen-bond donors (Lipinski definition) is 1. The van der Waals surface area contributed by atoms with E-state index < -0.39 is 0 Å². The Labute approximate surface area is 64.3 Å². The summed E-state index contributed by atoms with van der Waals surface area (Å²) in [6, 6.07) is 0. The van der Waals surface area contributed by atoms with Crippen LogP contribution in [0.3, 0.4) is 0 Å². The lowest BCUT2D eigenvalue weighted by molar-refractivity contribution is 0.564. The van der Waals surface area contributed by atoms with E-state index in [1.807, 2.05) is 6.92 Å². The van der Waals surface area contributed by atoms with Crippen molar-refractivity contribution in [3.63, 3.8) is 0 Å². The lowest BCUT2D eigenvalue weighted by Crippen LogP contribution is -2.08. The smallest absolute Gasteiger partial charge is 0.00890 e. The van der Waals surface area contributed by atoms with Crippen LogP contribution in [0.2, 0.25) is 0 Å². The van der Waals surface area contributed by atoms with Crippen molar-refractivity contribution in [1.29, 1.82) is 5.41 Å². The van der Waals surface area contributed by atoms with Crippen LogP contribution in [0, 0.1) is 11.3 Å². The summed E-state index contributed by atoms with van der Waals surface area (Å²) < 4.78 is 0. The fraction of sp³-hybridized carbons (Fsp3) is 0.889. The summed E-state index contributed by atoms with van der Waals surface area (Å²) in [6.07, 6.45) is 4.87. The first kappa shape index (κ1) is 9.67.